The van der Waals surface area contributed by atoms with Gasteiger partial charge in [-0.1, -0.05) is 39.7 Å². The molecule has 1 aliphatic carbocycles. The van der Waals surface area contributed by atoms with Crippen molar-refractivity contribution < 1.29 is 9.53 Å². The number of hydrogen-bond donors (Lipinski definition) is 0. The van der Waals surface area contributed by atoms with Crippen molar-refractivity contribution >= 4 is 5.97 Å². The Labute approximate surface area is 186 Å². The van der Waals surface area contributed by atoms with Crippen molar-refractivity contribution in [2.75, 3.05) is 6.61 Å². The van der Waals surface area contributed by atoms with Gasteiger partial charge >= 0.3 is 5.97 Å². The number of rotatable bonds is 6. The summed E-state index contributed by atoms with van der Waals surface area (Å²) in [4.78, 5) is 20.3. The van der Waals surface area contributed by atoms with Crippen molar-refractivity contribution in [1.29, 1.82) is 0 Å². The van der Waals surface area contributed by atoms with Crippen LogP contribution in [0.2, 0.25) is 0 Å². The quantitative estimate of drug-likeness (QED) is 0.353. The van der Waals surface area contributed by atoms with E-state index in [1.807, 2.05) is 6.92 Å². The van der Waals surface area contributed by atoms with Gasteiger partial charge in [0.25, 0.3) is 0 Å². The first kappa shape index (κ1) is 23.0. The standard InChI is InChI=1S/C27H34N2O2/c1-6-31-25(30)10-8-7-9-21-18-29-22(19-28-21)13-11-20-12-14-23-24(17-20)27(4,5)16-15-26(23,2)3/h12,14,17-19H,6-10,15-16H2,1-5H3. The molecular formula is C27H34N2O2. The van der Waals surface area contributed by atoms with Gasteiger partial charge in [-0.15, -0.1) is 0 Å². The first-order chi connectivity index (χ1) is 14.7. The molecule has 3 rings (SSSR count). The predicted octanol–water partition coefficient (Wildman–Crippen LogP) is 5.50. The first-order valence-electron chi connectivity index (χ1n) is 11.3. The van der Waals surface area contributed by atoms with E-state index in [0.717, 1.165) is 30.5 Å². The molecule has 4 heteroatoms. The van der Waals surface area contributed by atoms with E-state index in [2.05, 4.69) is 67.7 Å². The van der Waals surface area contributed by atoms with Gasteiger partial charge in [0, 0.05) is 18.2 Å². The van der Waals surface area contributed by atoms with Crippen LogP contribution < -0.4 is 0 Å². The highest BCUT2D eigenvalue weighted by molar-refractivity contribution is 5.69. The Hall–Kier alpha value is -2.67. The molecule has 0 atom stereocenters. The molecule has 1 heterocycles. The molecule has 0 fully saturated rings. The normalized spacial score (nSPS) is 16.0. The third-order valence-corrected chi connectivity index (χ3v) is 6.26. The lowest BCUT2D eigenvalue weighted by Gasteiger charge is -2.41. The maximum absolute atomic E-state index is 11.4. The summed E-state index contributed by atoms with van der Waals surface area (Å²) in [5.74, 6) is 6.29. The number of benzene rings is 1. The number of ether oxygens (including phenoxy) is 1. The monoisotopic (exact) mass is 418 g/mol. The zero-order chi connectivity index (χ0) is 22.5. The van der Waals surface area contributed by atoms with Gasteiger partial charge in [0.05, 0.1) is 18.5 Å². The molecule has 31 heavy (non-hydrogen) atoms. The third kappa shape index (κ3) is 5.94. The summed E-state index contributed by atoms with van der Waals surface area (Å²) in [6.45, 7) is 11.6. The van der Waals surface area contributed by atoms with E-state index in [1.165, 1.54) is 24.0 Å². The highest BCUT2D eigenvalue weighted by atomic mass is 16.5. The molecule has 0 saturated carbocycles. The van der Waals surface area contributed by atoms with Crippen LogP contribution in [-0.4, -0.2) is 22.5 Å². The van der Waals surface area contributed by atoms with Crippen LogP contribution in [0.5, 0.6) is 0 Å². The zero-order valence-electron chi connectivity index (χ0n) is 19.5. The summed E-state index contributed by atoms with van der Waals surface area (Å²) >= 11 is 0. The molecule has 0 bridgehead atoms. The molecule has 1 aromatic carbocycles. The fraction of sp³-hybridized carbons (Fsp3) is 0.519. The number of fused-ring (bicyclic) bond motifs is 1. The van der Waals surface area contributed by atoms with E-state index in [-0.39, 0.29) is 16.8 Å². The van der Waals surface area contributed by atoms with Crippen molar-refractivity contribution in [1.82, 2.24) is 9.97 Å². The smallest absolute Gasteiger partial charge is 0.305 e. The molecule has 1 aromatic heterocycles. The maximum atomic E-state index is 11.4. The van der Waals surface area contributed by atoms with Crippen LogP contribution in [0.4, 0.5) is 0 Å². The molecule has 1 aliphatic rings. The van der Waals surface area contributed by atoms with Crippen molar-refractivity contribution in [3.63, 3.8) is 0 Å². The van der Waals surface area contributed by atoms with E-state index >= 15 is 0 Å². The Balaban J connectivity index is 1.63. The molecule has 0 saturated heterocycles. The summed E-state index contributed by atoms with van der Waals surface area (Å²) < 4.78 is 4.94. The van der Waals surface area contributed by atoms with Gasteiger partial charge < -0.3 is 4.74 Å². The van der Waals surface area contributed by atoms with E-state index in [9.17, 15) is 4.79 Å². The van der Waals surface area contributed by atoms with Crippen LogP contribution in [0.1, 0.15) is 94.8 Å². The summed E-state index contributed by atoms with van der Waals surface area (Å²) in [7, 11) is 0. The maximum Gasteiger partial charge on any atom is 0.305 e. The summed E-state index contributed by atoms with van der Waals surface area (Å²) in [6.07, 6.45) is 8.87. The average Bonchev–Trinajstić information content (AvgIpc) is 2.74. The van der Waals surface area contributed by atoms with Crippen molar-refractivity contribution in [3.05, 3.63) is 58.7 Å². The highest BCUT2D eigenvalue weighted by Crippen LogP contribution is 2.45. The van der Waals surface area contributed by atoms with Crippen LogP contribution in [0.15, 0.2) is 30.6 Å². The van der Waals surface area contributed by atoms with Crippen LogP contribution in [0, 0.1) is 11.8 Å². The molecule has 0 spiro atoms. The minimum absolute atomic E-state index is 0.131. The molecule has 0 radical (unpaired) electrons. The highest BCUT2D eigenvalue weighted by Gasteiger charge is 2.36. The number of nitrogens with zero attached hydrogens (tertiary/aromatic N) is 2. The number of esters is 1. The van der Waals surface area contributed by atoms with Crippen LogP contribution in [0.3, 0.4) is 0 Å². The molecule has 0 amide bonds. The predicted molar refractivity (Wildman–Crippen MR) is 124 cm³/mol. The van der Waals surface area contributed by atoms with E-state index in [1.54, 1.807) is 12.4 Å². The Morgan fingerprint density at radius 3 is 2.42 bits per heavy atom. The lowest BCUT2D eigenvalue weighted by molar-refractivity contribution is -0.143. The second kappa shape index (κ2) is 9.64. The fourth-order valence-corrected chi connectivity index (χ4v) is 4.16. The Morgan fingerprint density at radius 2 is 1.74 bits per heavy atom. The number of carbonyl (C=O) groups is 1. The van der Waals surface area contributed by atoms with Crippen molar-refractivity contribution in [2.24, 2.45) is 0 Å². The molecule has 0 unspecified atom stereocenters. The Bertz CT molecular complexity index is 979. The molecule has 2 aromatic rings. The van der Waals surface area contributed by atoms with Gasteiger partial charge in [0.1, 0.15) is 5.69 Å². The minimum Gasteiger partial charge on any atom is -0.466 e. The van der Waals surface area contributed by atoms with Gasteiger partial charge in [0.15, 0.2) is 0 Å². The summed E-state index contributed by atoms with van der Waals surface area (Å²) in [5.41, 5.74) is 5.88. The zero-order valence-corrected chi connectivity index (χ0v) is 19.5. The first-order valence-corrected chi connectivity index (χ1v) is 11.3. The average molecular weight is 419 g/mol. The van der Waals surface area contributed by atoms with E-state index < -0.39 is 0 Å². The van der Waals surface area contributed by atoms with Crippen LogP contribution >= 0.6 is 0 Å². The lowest BCUT2D eigenvalue weighted by Crippen LogP contribution is -2.33. The lowest BCUT2D eigenvalue weighted by atomic mass is 9.63. The number of aryl methyl sites for hydroxylation is 1. The molecular weight excluding hydrogens is 384 g/mol. The molecule has 4 nitrogen and oxygen atoms in total. The van der Waals surface area contributed by atoms with Gasteiger partial charge in [-0.2, -0.15) is 0 Å². The number of hydrogen-bond acceptors (Lipinski definition) is 4. The topological polar surface area (TPSA) is 52.1 Å². The molecule has 164 valence electrons. The fourth-order valence-electron chi connectivity index (χ4n) is 4.16. The van der Waals surface area contributed by atoms with Crippen molar-refractivity contribution in [3.8, 4) is 11.8 Å². The number of aromatic nitrogens is 2. The van der Waals surface area contributed by atoms with Gasteiger partial charge in [-0.05, 0) is 79.0 Å². The Kier molecular flexibility index (Phi) is 7.15. The SMILES string of the molecule is CCOC(=O)CCCCc1cnc(C#Cc2ccc3c(c2)C(C)(C)CCC3(C)C)cn1. The van der Waals surface area contributed by atoms with Crippen LogP contribution in [-0.2, 0) is 26.8 Å². The van der Waals surface area contributed by atoms with E-state index in [0.29, 0.717) is 18.7 Å². The third-order valence-electron chi connectivity index (χ3n) is 6.26. The van der Waals surface area contributed by atoms with Gasteiger partial charge in [-0.3, -0.25) is 9.78 Å². The van der Waals surface area contributed by atoms with Gasteiger partial charge in [0.2, 0.25) is 0 Å². The largest absolute Gasteiger partial charge is 0.466 e. The number of unbranched alkanes of at least 4 members (excludes halogenated alkanes) is 1. The van der Waals surface area contributed by atoms with Crippen LogP contribution in [0.25, 0.3) is 0 Å². The molecule has 0 aliphatic heterocycles. The second-order valence-electron chi connectivity index (χ2n) is 9.68. The Morgan fingerprint density at radius 1 is 1.00 bits per heavy atom. The second-order valence-corrected chi connectivity index (χ2v) is 9.68. The number of carbonyl (C=O) groups excluding carboxylic acids is 1. The van der Waals surface area contributed by atoms with E-state index in [4.69, 9.17) is 4.74 Å². The van der Waals surface area contributed by atoms with Gasteiger partial charge in [-0.25, -0.2) is 4.98 Å². The summed E-state index contributed by atoms with van der Waals surface area (Å²) in [6, 6.07) is 6.64. The minimum atomic E-state index is -0.131. The molecule has 0 N–H and O–H groups in total. The summed E-state index contributed by atoms with van der Waals surface area (Å²) in [5, 5.41) is 0. The van der Waals surface area contributed by atoms with Crippen molar-refractivity contribution in [2.45, 2.75) is 84.0 Å².